The highest BCUT2D eigenvalue weighted by Crippen LogP contribution is 2.34. The van der Waals surface area contributed by atoms with Gasteiger partial charge in [0.05, 0.1) is 17.7 Å². The number of para-hydroxylation sites is 1. The van der Waals surface area contributed by atoms with E-state index >= 15 is 0 Å². The second-order valence-electron chi connectivity index (χ2n) is 6.49. The second-order valence-corrected chi connectivity index (χ2v) is 8.11. The van der Waals surface area contributed by atoms with Crippen LogP contribution in [0.2, 0.25) is 0 Å². The van der Waals surface area contributed by atoms with E-state index in [1.54, 1.807) is 26.2 Å². The molecule has 0 aliphatic rings. The number of ether oxygens (including phenoxy) is 1. The van der Waals surface area contributed by atoms with Crippen molar-refractivity contribution >= 4 is 15.7 Å². The number of aryl methyl sites for hydroxylation is 1. The normalized spacial score (nSPS) is 11.3. The highest BCUT2D eigenvalue weighted by molar-refractivity contribution is 7.92. The van der Waals surface area contributed by atoms with E-state index in [0.29, 0.717) is 27.5 Å². The second kappa shape index (κ2) is 7.45. The lowest BCUT2D eigenvalue weighted by molar-refractivity contribution is 0.410. The summed E-state index contributed by atoms with van der Waals surface area (Å²) < 4.78 is 34.6. The van der Waals surface area contributed by atoms with E-state index in [9.17, 15) is 8.42 Å². The molecule has 0 aliphatic carbocycles. The molecule has 3 aromatic carbocycles. The van der Waals surface area contributed by atoms with Gasteiger partial charge in [-0.2, -0.15) is 0 Å². The summed E-state index contributed by atoms with van der Waals surface area (Å²) in [4.78, 5) is 0.295. The fourth-order valence-electron chi connectivity index (χ4n) is 3.28. The first-order chi connectivity index (χ1) is 12.8. The Morgan fingerprint density at radius 3 is 2.15 bits per heavy atom. The molecule has 0 radical (unpaired) electrons. The monoisotopic (exact) mass is 381 g/mol. The van der Waals surface area contributed by atoms with Crippen molar-refractivity contribution in [2.45, 2.75) is 25.7 Å². The fourth-order valence-corrected chi connectivity index (χ4v) is 4.89. The predicted octanol–water partition coefficient (Wildman–Crippen LogP) is 5.09. The van der Waals surface area contributed by atoms with Crippen molar-refractivity contribution in [2.75, 3.05) is 11.8 Å². The summed E-state index contributed by atoms with van der Waals surface area (Å²) in [6.45, 7) is 5.46. The molecule has 0 unspecified atom stereocenters. The fraction of sp³-hybridized carbons (Fsp3) is 0.182. The molecule has 5 heteroatoms. The van der Waals surface area contributed by atoms with Crippen molar-refractivity contribution in [3.63, 3.8) is 0 Å². The third kappa shape index (κ3) is 3.69. The molecule has 1 N–H and O–H groups in total. The molecule has 0 saturated heterocycles. The van der Waals surface area contributed by atoms with Gasteiger partial charge in [-0.1, -0.05) is 48.5 Å². The van der Waals surface area contributed by atoms with Gasteiger partial charge in [-0.15, -0.1) is 0 Å². The zero-order valence-electron chi connectivity index (χ0n) is 15.9. The molecule has 0 aromatic heterocycles. The molecule has 0 heterocycles. The van der Waals surface area contributed by atoms with Crippen LogP contribution in [-0.4, -0.2) is 15.5 Å². The zero-order valence-corrected chi connectivity index (χ0v) is 16.7. The molecule has 140 valence electrons. The smallest absolute Gasteiger partial charge is 0.262 e. The summed E-state index contributed by atoms with van der Waals surface area (Å²) in [5, 5.41) is 0. The Bertz CT molecular complexity index is 1070. The van der Waals surface area contributed by atoms with Gasteiger partial charge in [0, 0.05) is 5.56 Å². The Morgan fingerprint density at radius 1 is 0.852 bits per heavy atom. The van der Waals surface area contributed by atoms with Gasteiger partial charge in [0.1, 0.15) is 5.75 Å². The Hall–Kier alpha value is -2.79. The minimum absolute atomic E-state index is 0.295. The zero-order chi connectivity index (χ0) is 19.6. The SMILES string of the molecule is COc1cc(C)c(S(=O)(=O)Nc2ccccc2-c2ccccc2)c(C)c1C. The number of rotatable bonds is 5. The summed E-state index contributed by atoms with van der Waals surface area (Å²) in [6.07, 6.45) is 0. The number of nitrogens with one attached hydrogen (secondary N) is 1. The molecule has 0 spiro atoms. The minimum atomic E-state index is -3.76. The van der Waals surface area contributed by atoms with E-state index in [1.807, 2.05) is 62.4 Å². The Balaban J connectivity index is 2.09. The number of hydrogen-bond acceptors (Lipinski definition) is 3. The lowest BCUT2D eigenvalue weighted by Crippen LogP contribution is -2.17. The Kier molecular flexibility index (Phi) is 5.24. The third-order valence-corrected chi connectivity index (χ3v) is 6.38. The number of benzene rings is 3. The van der Waals surface area contributed by atoms with Crippen LogP contribution in [0.5, 0.6) is 5.75 Å². The molecular formula is C22H23NO3S. The largest absolute Gasteiger partial charge is 0.496 e. The maximum Gasteiger partial charge on any atom is 0.262 e. The average molecular weight is 381 g/mol. The number of hydrogen-bond donors (Lipinski definition) is 1. The summed E-state index contributed by atoms with van der Waals surface area (Å²) >= 11 is 0. The maximum absolute atomic E-state index is 13.2. The molecule has 0 atom stereocenters. The van der Waals surface area contributed by atoms with Gasteiger partial charge >= 0.3 is 0 Å². The van der Waals surface area contributed by atoms with E-state index in [1.165, 1.54) is 0 Å². The van der Waals surface area contributed by atoms with Crippen molar-refractivity contribution in [2.24, 2.45) is 0 Å². The Morgan fingerprint density at radius 2 is 1.48 bits per heavy atom. The van der Waals surface area contributed by atoms with E-state index in [4.69, 9.17) is 4.74 Å². The van der Waals surface area contributed by atoms with Gasteiger partial charge in [0.2, 0.25) is 0 Å². The van der Waals surface area contributed by atoms with Crippen LogP contribution in [0.3, 0.4) is 0 Å². The van der Waals surface area contributed by atoms with Crippen LogP contribution in [0.1, 0.15) is 16.7 Å². The summed E-state index contributed by atoms with van der Waals surface area (Å²) in [5.74, 6) is 0.689. The van der Waals surface area contributed by atoms with E-state index < -0.39 is 10.0 Å². The Labute approximate surface area is 160 Å². The number of anilines is 1. The molecule has 0 saturated carbocycles. The minimum Gasteiger partial charge on any atom is -0.496 e. The molecule has 4 nitrogen and oxygen atoms in total. The molecule has 0 aliphatic heterocycles. The van der Waals surface area contributed by atoms with Gasteiger partial charge in [-0.05, 0) is 55.2 Å². The van der Waals surface area contributed by atoms with Crippen molar-refractivity contribution in [1.82, 2.24) is 0 Å². The number of methoxy groups -OCH3 is 1. The quantitative estimate of drug-likeness (QED) is 0.670. The maximum atomic E-state index is 13.2. The van der Waals surface area contributed by atoms with Crippen LogP contribution in [0, 0.1) is 20.8 Å². The van der Waals surface area contributed by atoms with Crippen LogP contribution < -0.4 is 9.46 Å². The van der Waals surface area contributed by atoms with Gasteiger partial charge in [-0.25, -0.2) is 8.42 Å². The first kappa shape index (κ1) is 19.0. The highest BCUT2D eigenvalue weighted by atomic mass is 32.2. The van der Waals surface area contributed by atoms with Crippen molar-refractivity contribution in [3.05, 3.63) is 77.4 Å². The molecule has 0 bridgehead atoms. The summed E-state index contributed by atoms with van der Waals surface area (Å²) in [6, 6.07) is 18.9. The average Bonchev–Trinajstić information content (AvgIpc) is 2.65. The van der Waals surface area contributed by atoms with Crippen molar-refractivity contribution < 1.29 is 13.2 Å². The van der Waals surface area contributed by atoms with Crippen LogP contribution in [-0.2, 0) is 10.0 Å². The van der Waals surface area contributed by atoms with Crippen LogP contribution in [0.15, 0.2) is 65.6 Å². The molecule has 27 heavy (non-hydrogen) atoms. The van der Waals surface area contributed by atoms with Gasteiger partial charge in [0.15, 0.2) is 0 Å². The molecular weight excluding hydrogens is 358 g/mol. The first-order valence-electron chi connectivity index (χ1n) is 8.67. The van der Waals surface area contributed by atoms with E-state index in [0.717, 1.165) is 16.7 Å². The lowest BCUT2D eigenvalue weighted by atomic mass is 10.0. The van der Waals surface area contributed by atoms with Crippen LogP contribution in [0.4, 0.5) is 5.69 Å². The van der Waals surface area contributed by atoms with Gasteiger partial charge in [0.25, 0.3) is 10.0 Å². The number of sulfonamides is 1. The third-order valence-electron chi connectivity index (χ3n) is 4.72. The van der Waals surface area contributed by atoms with Crippen molar-refractivity contribution in [1.29, 1.82) is 0 Å². The first-order valence-corrected chi connectivity index (χ1v) is 10.2. The van der Waals surface area contributed by atoms with E-state index in [2.05, 4.69) is 4.72 Å². The highest BCUT2D eigenvalue weighted by Gasteiger charge is 2.23. The predicted molar refractivity (Wildman–Crippen MR) is 110 cm³/mol. The standard InChI is InChI=1S/C22H23NO3S/c1-15-14-21(26-4)16(2)17(3)22(15)27(24,25)23-20-13-9-8-12-19(20)18-10-6-5-7-11-18/h5-14,23H,1-4H3. The lowest BCUT2D eigenvalue weighted by Gasteiger charge is -2.18. The van der Waals surface area contributed by atoms with Crippen molar-refractivity contribution in [3.8, 4) is 16.9 Å². The van der Waals surface area contributed by atoms with Crippen LogP contribution >= 0.6 is 0 Å². The van der Waals surface area contributed by atoms with Gasteiger partial charge in [-0.3, -0.25) is 4.72 Å². The van der Waals surface area contributed by atoms with Crippen LogP contribution in [0.25, 0.3) is 11.1 Å². The molecule has 0 amide bonds. The molecule has 0 fully saturated rings. The van der Waals surface area contributed by atoms with Gasteiger partial charge < -0.3 is 4.74 Å². The topological polar surface area (TPSA) is 55.4 Å². The van der Waals surface area contributed by atoms with E-state index in [-0.39, 0.29) is 0 Å². The molecule has 3 aromatic rings. The summed E-state index contributed by atoms with van der Waals surface area (Å²) in [5.41, 5.74) is 4.50. The summed E-state index contributed by atoms with van der Waals surface area (Å²) in [7, 11) is -2.17. The molecule has 3 rings (SSSR count).